The molecular formula is C27H32F3N3O4. The molecule has 1 saturated carbocycles. The van der Waals surface area contributed by atoms with Crippen LogP contribution in [0.5, 0.6) is 5.75 Å². The van der Waals surface area contributed by atoms with Crippen molar-refractivity contribution in [1.29, 1.82) is 0 Å². The molecule has 1 aliphatic carbocycles. The van der Waals surface area contributed by atoms with Gasteiger partial charge in [-0.1, -0.05) is 30.3 Å². The van der Waals surface area contributed by atoms with Gasteiger partial charge in [0.2, 0.25) is 5.91 Å². The molecule has 2 heterocycles. The highest BCUT2D eigenvalue weighted by Gasteiger charge is 2.44. The number of alkyl halides is 3. The van der Waals surface area contributed by atoms with E-state index in [0.717, 1.165) is 12.0 Å². The molecule has 1 saturated heterocycles. The summed E-state index contributed by atoms with van der Waals surface area (Å²) in [6.45, 7) is 0.405. The molecular weight excluding hydrogens is 487 g/mol. The summed E-state index contributed by atoms with van der Waals surface area (Å²) in [5.74, 6) is -2.07. The van der Waals surface area contributed by atoms with Crippen LogP contribution in [0, 0.1) is 11.8 Å². The average Bonchev–Trinajstić information content (AvgIpc) is 3.39. The third kappa shape index (κ3) is 6.60. The van der Waals surface area contributed by atoms with Crippen LogP contribution in [0.25, 0.3) is 0 Å². The van der Waals surface area contributed by atoms with Crippen LogP contribution in [0.3, 0.4) is 0 Å². The van der Waals surface area contributed by atoms with Crippen molar-refractivity contribution in [3.8, 4) is 5.75 Å². The first-order valence-electron chi connectivity index (χ1n) is 12.7. The Kier molecular flexibility index (Phi) is 8.68. The van der Waals surface area contributed by atoms with Crippen LogP contribution >= 0.6 is 0 Å². The van der Waals surface area contributed by atoms with Gasteiger partial charge < -0.3 is 20.1 Å². The summed E-state index contributed by atoms with van der Waals surface area (Å²) in [5.41, 5.74) is 0.819. The van der Waals surface area contributed by atoms with Crippen molar-refractivity contribution >= 4 is 11.8 Å². The molecule has 2 atom stereocenters. The number of hydrogen-bond acceptors (Lipinski definition) is 5. The number of benzene rings is 1. The number of carbonyl (C=O) groups excluding carboxylic acids is 2. The van der Waals surface area contributed by atoms with Crippen molar-refractivity contribution in [1.82, 2.24) is 15.2 Å². The fraction of sp³-hybridized carbons (Fsp3) is 0.519. The summed E-state index contributed by atoms with van der Waals surface area (Å²) < 4.78 is 45.0. The summed E-state index contributed by atoms with van der Waals surface area (Å²) in [6.07, 6.45) is -0.771. The first-order valence-corrected chi connectivity index (χ1v) is 12.7. The summed E-state index contributed by atoms with van der Waals surface area (Å²) in [4.78, 5) is 32.0. The Balaban J connectivity index is 1.36. The summed E-state index contributed by atoms with van der Waals surface area (Å²) in [6, 6.07) is 11.5. The van der Waals surface area contributed by atoms with Gasteiger partial charge in [0.15, 0.2) is 11.4 Å². The van der Waals surface area contributed by atoms with Crippen LogP contribution in [0.15, 0.2) is 48.7 Å². The Hall–Kier alpha value is -3.14. The number of amides is 2. The molecule has 7 nitrogen and oxygen atoms in total. The Morgan fingerprint density at radius 1 is 1.08 bits per heavy atom. The van der Waals surface area contributed by atoms with Crippen molar-refractivity contribution in [3.05, 3.63) is 59.9 Å². The predicted octanol–water partition coefficient (Wildman–Crippen LogP) is 4.28. The van der Waals surface area contributed by atoms with E-state index in [1.165, 1.54) is 6.20 Å². The molecule has 1 aromatic carbocycles. The molecule has 37 heavy (non-hydrogen) atoms. The standard InChI is InChI=1S/C27H32F3N3O4/c28-27(29,30)20-12-10-19(11-13-20)26(36)33-15-5-8-21(33)17-37-23-9-4-14-31-24(23)25(35)32-22(16-34)18-6-2-1-3-7-18/h1-4,6-7,9,14,19-22,34H,5,8,10-13,15-17H2,(H,32,35)/t19?,20?,21?,22-/m0/s1. The molecule has 2 fully saturated rings. The number of aliphatic hydroxyl groups excluding tert-OH is 1. The predicted molar refractivity (Wildman–Crippen MR) is 130 cm³/mol. The van der Waals surface area contributed by atoms with Gasteiger partial charge in [-0.05, 0) is 56.2 Å². The summed E-state index contributed by atoms with van der Waals surface area (Å²) >= 11 is 0. The molecule has 10 heteroatoms. The molecule has 2 N–H and O–H groups in total. The van der Waals surface area contributed by atoms with Crippen molar-refractivity contribution in [2.45, 2.75) is 56.8 Å². The molecule has 0 bridgehead atoms. The first kappa shape index (κ1) is 26.9. The van der Waals surface area contributed by atoms with Crippen molar-refractivity contribution in [2.24, 2.45) is 11.8 Å². The number of nitrogens with one attached hydrogen (secondary N) is 1. The Labute approximate surface area is 214 Å². The number of hydrogen-bond donors (Lipinski definition) is 2. The monoisotopic (exact) mass is 519 g/mol. The lowest BCUT2D eigenvalue weighted by molar-refractivity contribution is -0.185. The molecule has 4 rings (SSSR count). The number of ether oxygens (including phenoxy) is 1. The lowest BCUT2D eigenvalue weighted by Crippen LogP contribution is -2.44. The third-order valence-electron chi connectivity index (χ3n) is 7.31. The summed E-state index contributed by atoms with van der Waals surface area (Å²) in [5, 5.41) is 12.6. The van der Waals surface area contributed by atoms with E-state index in [-0.39, 0.29) is 62.3 Å². The largest absolute Gasteiger partial charge is 0.489 e. The Morgan fingerprint density at radius 2 is 1.81 bits per heavy atom. The Morgan fingerprint density at radius 3 is 2.49 bits per heavy atom. The van der Waals surface area contributed by atoms with Crippen molar-refractivity contribution < 1.29 is 32.6 Å². The van der Waals surface area contributed by atoms with Crippen LogP contribution < -0.4 is 10.1 Å². The molecule has 1 unspecified atom stereocenters. The van der Waals surface area contributed by atoms with Crippen LogP contribution in [0.4, 0.5) is 13.2 Å². The number of carbonyl (C=O) groups is 2. The SMILES string of the molecule is O=C(N[C@@H](CO)c1ccccc1)c1ncccc1OCC1CCCN1C(=O)C1CCC(C(F)(F)F)CC1. The second kappa shape index (κ2) is 11.9. The molecule has 200 valence electrons. The van der Waals surface area contributed by atoms with E-state index in [1.807, 2.05) is 18.2 Å². The maximum atomic E-state index is 13.1. The maximum absolute atomic E-state index is 13.1. The topological polar surface area (TPSA) is 91.8 Å². The minimum absolute atomic E-state index is 0.0130. The second-order valence-electron chi connectivity index (χ2n) is 9.70. The lowest BCUT2D eigenvalue weighted by Gasteiger charge is -2.33. The third-order valence-corrected chi connectivity index (χ3v) is 7.31. The highest BCUT2D eigenvalue weighted by atomic mass is 19.4. The van der Waals surface area contributed by atoms with Crippen LogP contribution in [-0.2, 0) is 4.79 Å². The highest BCUT2D eigenvalue weighted by Crippen LogP contribution is 2.40. The normalized spacial score (nSPS) is 22.9. The molecule has 2 aliphatic rings. The maximum Gasteiger partial charge on any atom is 0.391 e. The van der Waals surface area contributed by atoms with E-state index in [9.17, 15) is 27.9 Å². The number of aliphatic hydroxyl groups is 1. The van der Waals surface area contributed by atoms with Gasteiger partial charge in [-0.25, -0.2) is 4.98 Å². The van der Waals surface area contributed by atoms with Gasteiger partial charge >= 0.3 is 6.18 Å². The Bertz CT molecular complexity index is 1060. The number of pyridine rings is 1. The van der Waals surface area contributed by atoms with Crippen LogP contribution in [0.2, 0.25) is 0 Å². The van der Waals surface area contributed by atoms with Gasteiger partial charge in [0.25, 0.3) is 5.91 Å². The van der Waals surface area contributed by atoms with E-state index in [0.29, 0.717) is 13.0 Å². The zero-order valence-electron chi connectivity index (χ0n) is 20.5. The number of nitrogens with zero attached hydrogens (tertiary/aromatic N) is 2. The summed E-state index contributed by atoms with van der Waals surface area (Å²) in [7, 11) is 0. The smallest absolute Gasteiger partial charge is 0.391 e. The van der Waals surface area contributed by atoms with Gasteiger partial charge in [0, 0.05) is 18.7 Å². The fourth-order valence-corrected chi connectivity index (χ4v) is 5.21. The van der Waals surface area contributed by atoms with Crippen molar-refractivity contribution in [2.75, 3.05) is 19.8 Å². The zero-order valence-corrected chi connectivity index (χ0v) is 20.5. The molecule has 0 radical (unpaired) electrons. The minimum atomic E-state index is -4.20. The second-order valence-corrected chi connectivity index (χ2v) is 9.70. The molecule has 1 aromatic heterocycles. The van der Waals surface area contributed by atoms with E-state index >= 15 is 0 Å². The first-order chi connectivity index (χ1) is 17.8. The average molecular weight is 520 g/mol. The molecule has 0 spiro atoms. The quantitative estimate of drug-likeness (QED) is 0.543. The van der Waals surface area contributed by atoms with Crippen molar-refractivity contribution in [3.63, 3.8) is 0 Å². The number of aromatic nitrogens is 1. The van der Waals surface area contributed by atoms with E-state index in [4.69, 9.17) is 4.74 Å². The lowest BCUT2D eigenvalue weighted by atomic mass is 9.81. The van der Waals surface area contributed by atoms with Gasteiger partial charge in [0.1, 0.15) is 6.61 Å². The molecule has 2 amide bonds. The zero-order chi connectivity index (χ0) is 26.4. The number of likely N-dealkylation sites (tertiary alicyclic amines) is 1. The number of halogens is 3. The fourth-order valence-electron chi connectivity index (χ4n) is 5.21. The minimum Gasteiger partial charge on any atom is -0.489 e. The molecule has 1 aliphatic heterocycles. The van der Waals surface area contributed by atoms with Gasteiger partial charge in [-0.3, -0.25) is 9.59 Å². The van der Waals surface area contributed by atoms with Gasteiger partial charge in [-0.2, -0.15) is 13.2 Å². The van der Waals surface area contributed by atoms with Gasteiger partial charge in [0.05, 0.1) is 24.6 Å². The van der Waals surface area contributed by atoms with E-state index < -0.39 is 30.0 Å². The van der Waals surface area contributed by atoms with Crippen LogP contribution in [-0.4, -0.2) is 58.8 Å². The molecule has 2 aromatic rings. The van der Waals surface area contributed by atoms with Crippen LogP contribution in [0.1, 0.15) is 60.6 Å². The van der Waals surface area contributed by atoms with E-state index in [1.54, 1.807) is 29.2 Å². The highest BCUT2D eigenvalue weighted by molar-refractivity contribution is 5.95. The number of rotatable bonds is 8. The van der Waals surface area contributed by atoms with Gasteiger partial charge in [-0.15, -0.1) is 0 Å². The van der Waals surface area contributed by atoms with E-state index in [2.05, 4.69) is 10.3 Å².